The first-order valence-corrected chi connectivity index (χ1v) is 14.5. The quantitative estimate of drug-likeness (QED) is 0.536. The molecule has 0 bridgehead atoms. The molecule has 1 unspecified atom stereocenters. The van der Waals surface area contributed by atoms with E-state index in [0.29, 0.717) is 18.0 Å². The van der Waals surface area contributed by atoms with Crippen LogP contribution in [-0.4, -0.2) is 77.0 Å². The molecule has 7 nitrogen and oxygen atoms in total. The highest BCUT2D eigenvalue weighted by Crippen LogP contribution is 2.25. The number of hydrogen-bond donors (Lipinski definition) is 1. The smallest absolute Gasteiger partial charge is 0.225 e. The van der Waals surface area contributed by atoms with Crippen molar-refractivity contribution in [1.29, 1.82) is 0 Å². The summed E-state index contributed by atoms with van der Waals surface area (Å²) in [6.07, 6.45) is 15.9. The van der Waals surface area contributed by atoms with Crippen molar-refractivity contribution in [2.24, 2.45) is 5.92 Å². The highest BCUT2D eigenvalue weighted by Gasteiger charge is 2.32. The van der Waals surface area contributed by atoms with Crippen molar-refractivity contribution in [3.05, 3.63) is 12.3 Å². The van der Waals surface area contributed by atoms with E-state index >= 15 is 0 Å². The number of hydrogen-bond acceptors (Lipinski definition) is 6. The highest BCUT2D eigenvalue weighted by atomic mass is 16.2. The molecule has 196 valence electrons. The van der Waals surface area contributed by atoms with E-state index in [2.05, 4.69) is 44.9 Å². The van der Waals surface area contributed by atoms with Gasteiger partial charge in [0, 0.05) is 56.9 Å². The maximum Gasteiger partial charge on any atom is 0.225 e. The van der Waals surface area contributed by atoms with Crippen LogP contribution in [0.15, 0.2) is 12.3 Å². The second kappa shape index (κ2) is 13.4. The average molecular weight is 485 g/mol. The van der Waals surface area contributed by atoms with Gasteiger partial charge in [-0.25, -0.2) is 4.98 Å². The first-order valence-electron chi connectivity index (χ1n) is 14.5. The molecular weight excluding hydrogens is 436 g/mol. The molecule has 35 heavy (non-hydrogen) atoms. The fourth-order valence-electron chi connectivity index (χ4n) is 6.33. The van der Waals surface area contributed by atoms with Crippen molar-refractivity contribution in [3.63, 3.8) is 0 Å². The molecule has 1 amide bonds. The zero-order valence-electron chi connectivity index (χ0n) is 22.3. The third-order valence-corrected chi connectivity index (χ3v) is 8.27. The van der Waals surface area contributed by atoms with Gasteiger partial charge in [0.25, 0.3) is 0 Å². The number of carbonyl (C=O) groups excluding carboxylic acids is 1. The van der Waals surface area contributed by atoms with Gasteiger partial charge >= 0.3 is 0 Å². The Hall–Kier alpha value is -1.89. The highest BCUT2D eigenvalue weighted by molar-refractivity contribution is 5.78. The Bertz CT molecular complexity index is 766. The van der Waals surface area contributed by atoms with Gasteiger partial charge in [-0.1, -0.05) is 39.5 Å². The Morgan fingerprint density at radius 2 is 1.69 bits per heavy atom. The molecule has 3 saturated heterocycles. The minimum atomic E-state index is 0.232. The van der Waals surface area contributed by atoms with Crippen LogP contribution in [-0.2, 0) is 4.79 Å². The average Bonchev–Trinajstić information content (AvgIpc) is 3.18. The molecule has 1 N–H and O–H groups in total. The molecule has 4 heterocycles. The summed E-state index contributed by atoms with van der Waals surface area (Å²) in [5, 5.41) is 3.66. The van der Waals surface area contributed by atoms with Gasteiger partial charge in [-0.05, 0) is 64.0 Å². The number of amides is 1. The topological polar surface area (TPSA) is 64.6 Å². The summed E-state index contributed by atoms with van der Waals surface area (Å²) >= 11 is 0. The Morgan fingerprint density at radius 1 is 0.971 bits per heavy atom. The van der Waals surface area contributed by atoms with Gasteiger partial charge in [0.2, 0.25) is 11.9 Å². The van der Waals surface area contributed by atoms with Crippen LogP contribution < -0.4 is 10.2 Å². The minimum absolute atomic E-state index is 0.232. The summed E-state index contributed by atoms with van der Waals surface area (Å²) in [5.41, 5.74) is 0. The van der Waals surface area contributed by atoms with Crippen molar-refractivity contribution in [3.8, 4) is 0 Å². The first-order chi connectivity index (χ1) is 17.2. The van der Waals surface area contributed by atoms with Gasteiger partial charge in [0.05, 0.1) is 0 Å². The summed E-state index contributed by atoms with van der Waals surface area (Å²) in [6.45, 7) is 10.6. The molecule has 3 aliphatic heterocycles. The van der Waals surface area contributed by atoms with E-state index in [1.54, 1.807) is 0 Å². The normalized spacial score (nSPS) is 22.9. The van der Waals surface area contributed by atoms with Crippen LogP contribution in [0.4, 0.5) is 11.8 Å². The van der Waals surface area contributed by atoms with Crippen LogP contribution in [0.1, 0.15) is 90.9 Å². The summed E-state index contributed by atoms with van der Waals surface area (Å²) < 4.78 is 0. The summed E-state index contributed by atoms with van der Waals surface area (Å²) in [4.78, 5) is 29.8. The van der Waals surface area contributed by atoms with Crippen LogP contribution in [0.2, 0.25) is 0 Å². The maximum absolute atomic E-state index is 13.1. The van der Waals surface area contributed by atoms with Gasteiger partial charge in [-0.3, -0.25) is 9.69 Å². The molecule has 1 aromatic rings. The second-order valence-corrected chi connectivity index (χ2v) is 10.9. The molecule has 1 atom stereocenters. The van der Waals surface area contributed by atoms with Crippen molar-refractivity contribution < 1.29 is 4.79 Å². The fraction of sp³-hybridized carbons (Fsp3) is 0.821. The van der Waals surface area contributed by atoms with E-state index in [4.69, 9.17) is 4.98 Å². The van der Waals surface area contributed by atoms with E-state index in [1.807, 2.05) is 6.20 Å². The monoisotopic (exact) mass is 484 g/mol. The fourth-order valence-corrected chi connectivity index (χ4v) is 6.33. The zero-order valence-corrected chi connectivity index (χ0v) is 22.3. The number of likely N-dealkylation sites (tertiary alicyclic amines) is 2. The predicted molar refractivity (Wildman–Crippen MR) is 144 cm³/mol. The van der Waals surface area contributed by atoms with Crippen molar-refractivity contribution in [2.75, 3.05) is 49.5 Å². The lowest BCUT2D eigenvalue weighted by molar-refractivity contribution is -0.137. The molecule has 3 aliphatic rings. The number of piperidine rings is 2. The molecule has 0 aromatic carbocycles. The van der Waals surface area contributed by atoms with Crippen LogP contribution in [0.5, 0.6) is 0 Å². The molecule has 0 aliphatic carbocycles. The molecule has 1 aromatic heterocycles. The Kier molecular flexibility index (Phi) is 10.0. The number of rotatable bonds is 9. The largest absolute Gasteiger partial charge is 0.356 e. The molecular formula is C28H48N6O. The summed E-state index contributed by atoms with van der Waals surface area (Å²) in [7, 11) is 0. The van der Waals surface area contributed by atoms with Gasteiger partial charge in [-0.15, -0.1) is 0 Å². The Morgan fingerprint density at radius 3 is 2.37 bits per heavy atom. The number of carbonyl (C=O) groups is 1. The number of anilines is 2. The van der Waals surface area contributed by atoms with E-state index in [-0.39, 0.29) is 5.92 Å². The van der Waals surface area contributed by atoms with Gasteiger partial charge < -0.3 is 15.1 Å². The molecule has 0 radical (unpaired) electrons. The maximum atomic E-state index is 13.1. The lowest BCUT2D eigenvalue weighted by Gasteiger charge is -2.43. The SMILES string of the molecule is CCCC(CCC)C(=O)N1CCC(N2CCCC(Nc3nccc(N4CCCCCC4)n3)C2)CC1. The van der Waals surface area contributed by atoms with Crippen LogP contribution >= 0.6 is 0 Å². The van der Waals surface area contributed by atoms with Crippen molar-refractivity contribution in [1.82, 2.24) is 19.8 Å². The van der Waals surface area contributed by atoms with E-state index < -0.39 is 0 Å². The Balaban J connectivity index is 1.27. The van der Waals surface area contributed by atoms with E-state index in [9.17, 15) is 4.79 Å². The molecule has 0 saturated carbocycles. The van der Waals surface area contributed by atoms with Crippen LogP contribution in [0.25, 0.3) is 0 Å². The number of aromatic nitrogens is 2. The first kappa shape index (κ1) is 26.2. The van der Waals surface area contributed by atoms with E-state index in [0.717, 1.165) is 83.0 Å². The van der Waals surface area contributed by atoms with Gasteiger partial charge in [-0.2, -0.15) is 4.98 Å². The Labute approximate surface area is 213 Å². The third kappa shape index (κ3) is 7.31. The summed E-state index contributed by atoms with van der Waals surface area (Å²) in [6, 6.07) is 3.04. The lowest BCUT2D eigenvalue weighted by Crippen LogP contribution is -2.52. The lowest BCUT2D eigenvalue weighted by atomic mass is 9.94. The zero-order chi connectivity index (χ0) is 24.5. The minimum Gasteiger partial charge on any atom is -0.356 e. The van der Waals surface area contributed by atoms with Crippen LogP contribution in [0.3, 0.4) is 0 Å². The second-order valence-electron chi connectivity index (χ2n) is 10.9. The standard InChI is InChI=1S/C28H48N6O/c1-3-10-23(11-4-2)27(35)33-20-14-25(15-21-33)34-19-9-12-24(22-34)30-28-29-16-13-26(31-28)32-17-7-5-6-8-18-32/h13,16,23-25H,3-12,14-15,17-22H2,1-2H3,(H,29,30,31). The number of nitrogens with zero attached hydrogens (tertiary/aromatic N) is 5. The predicted octanol–water partition coefficient (Wildman–Crippen LogP) is 4.94. The van der Waals surface area contributed by atoms with Gasteiger partial charge in [0.1, 0.15) is 5.82 Å². The molecule has 0 spiro atoms. The summed E-state index contributed by atoms with van der Waals surface area (Å²) in [5.74, 6) is 2.48. The van der Waals surface area contributed by atoms with E-state index in [1.165, 1.54) is 45.1 Å². The van der Waals surface area contributed by atoms with Crippen LogP contribution in [0, 0.1) is 5.92 Å². The van der Waals surface area contributed by atoms with Crippen molar-refractivity contribution in [2.45, 2.75) is 103 Å². The molecule has 4 rings (SSSR count). The molecule has 3 fully saturated rings. The van der Waals surface area contributed by atoms with Gasteiger partial charge in [0.15, 0.2) is 0 Å². The number of nitrogens with one attached hydrogen (secondary N) is 1. The third-order valence-electron chi connectivity index (χ3n) is 8.27. The van der Waals surface area contributed by atoms with Crippen molar-refractivity contribution >= 4 is 17.7 Å². The molecule has 7 heteroatoms.